The number of hydrogen-bond acceptors (Lipinski definition) is 1. The van der Waals surface area contributed by atoms with Crippen LogP contribution in [0.1, 0.15) is 10.4 Å². The van der Waals surface area contributed by atoms with Crippen LogP contribution in [0, 0.1) is 13.8 Å². The second-order valence-corrected chi connectivity index (χ2v) is 3.75. The first kappa shape index (κ1) is 8.65. The minimum Gasteiger partial charge on any atom is -0.444 e. The Labute approximate surface area is 67.1 Å². The minimum atomic E-state index is -4.78. The summed E-state index contributed by atoms with van der Waals surface area (Å²) >= 11 is 0.824. The van der Waals surface area contributed by atoms with Gasteiger partial charge in [-0.05, 0) is 19.4 Å². The maximum atomic E-state index is 12.1. The molecule has 0 saturated heterocycles. The second-order valence-electron chi connectivity index (χ2n) is 2.46. The molecule has 0 atom stereocenters. The molecule has 0 aromatic carbocycles. The summed E-state index contributed by atoms with van der Waals surface area (Å²) in [5.74, 6) is 0. The van der Waals surface area contributed by atoms with Gasteiger partial charge in [0.1, 0.15) is 0 Å². The lowest BCUT2D eigenvalue weighted by Gasteiger charge is -2.09. The molecular formula is C6H7BF3S-. The van der Waals surface area contributed by atoms with Gasteiger partial charge in [-0.1, -0.05) is 10.8 Å². The lowest BCUT2D eigenvalue weighted by molar-refractivity contribution is 0.503. The predicted octanol–water partition coefficient (Wildman–Crippen LogP) is 2.42. The second kappa shape index (κ2) is 2.55. The Balaban J connectivity index is 3.08. The molecule has 0 N–H and O–H groups in total. The molecule has 1 heterocycles. The van der Waals surface area contributed by atoms with Crippen molar-refractivity contribution in [2.24, 2.45) is 0 Å². The number of aryl methyl sites for hydroxylation is 2. The van der Waals surface area contributed by atoms with Gasteiger partial charge in [0.15, 0.2) is 0 Å². The van der Waals surface area contributed by atoms with Crippen molar-refractivity contribution in [3.05, 3.63) is 16.5 Å². The van der Waals surface area contributed by atoms with E-state index in [4.69, 9.17) is 0 Å². The molecule has 0 aliphatic heterocycles. The first-order valence-corrected chi connectivity index (χ1v) is 4.00. The summed E-state index contributed by atoms with van der Waals surface area (Å²) in [6, 6.07) is 1.21. The van der Waals surface area contributed by atoms with Crippen molar-refractivity contribution in [3.8, 4) is 0 Å². The minimum absolute atomic E-state index is 0.444. The summed E-state index contributed by atoms with van der Waals surface area (Å²) in [5, 5.41) is 0. The highest BCUT2D eigenvalue weighted by Crippen LogP contribution is 2.19. The van der Waals surface area contributed by atoms with Crippen LogP contribution in [0.2, 0.25) is 0 Å². The average molecular weight is 179 g/mol. The highest BCUT2D eigenvalue weighted by atomic mass is 32.1. The van der Waals surface area contributed by atoms with E-state index in [1.165, 1.54) is 6.07 Å². The smallest absolute Gasteiger partial charge is 0.444 e. The van der Waals surface area contributed by atoms with Crippen LogP contribution in [0.15, 0.2) is 6.07 Å². The molecule has 1 aromatic heterocycles. The van der Waals surface area contributed by atoms with E-state index in [1.807, 2.05) is 0 Å². The van der Waals surface area contributed by atoms with Gasteiger partial charge in [-0.15, -0.1) is 0 Å². The van der Waals surface area contributed by atoms with Crippen molar-refractivity contribution in [3.63, 3.8) is 0 Å². The van der Waals surface area contributed by atoms with Crippen LogP contribution in [-0.4, -0.2) is 6.98 Å². The monoisotopic (exact) mass is 179 g/mol. The van der Waals surface area contributed by atoms with Gasteiger partial charge in [0, 0.05) is 4.88 Å². The Kier molecular flexibility index (Phi) is 2.01. The molecule has 62 valence electrons. The molecule has 0 bridgehead atoms. The molecule has 0 spiro atoms. The summed E-state index contributed by atoms with van der Waals surface area (Å²) in [7, 11) is 0. The first-order valence-electron chi connectivity index (χ1n) is 3.18. The summed E-state index contributed by atoms with van der Waals surface area (Å²) in [6.45, 7) is -1.39. The van der Waals surface area contributed by atoms with E-state index in [0.717, 1.165) is 21.8 Å². The average Bonchev–Trinajstić information content (AvgIpc) is 2.11. The Morgan fingerprint density at radius 3 is 2.00 bits per heavy atom. The topological polar surface area (TPSA) is 0 Å². The summed E-state index contributed by atoms with van der Waals surface area (Å²) in [4.78, 5) is 0.749. The third-order valence-electron chi connectivity index (χ3n) is 1.51. The number of hydrogen-bond donors (Lipinski definition) is 0. The molecule has 0 radical (unpaired) electrons. The quantitative estimate of drug-likeness (QED) is 0.580. The molecule has 0 unspecified atom stereocenters. The zero-order valence-electron chi connectivity index (χ0n) is 6.20. The molecule has 1 rings (SSSR count). The molecule has 0 aliphatic rings. The molecule has 0 nitrogen and oxygen atoms in total. The van der Waals surface area contributed by atoms with Crippen molar-refractivity contribution in [1.82, 2.24) is 0 Å². The fourth-order valence-corrected chi connectivity index (χ4v) is 1.71. The zero-order chi connectivity index (χ0) is 8.65. The van der Waals surface area contributed by atoms with Gasteiger partial charge in [-0.3, -0.25) is 0 Å². The van der Waals surface area contributed by atoms with Crippen molar-refractivity contribution in [2.45, 2.75) is 13.8 Å². The summed E-state index contributed by atoms with van der Waals surface area (Å²) < 4.78 is 35.7. The zero-order valence-corrected chi connectivity index (χ0v) is 7.01. The van der Waals surface area contributed by atoms with Gasteiger partial charge < -0.3 is 12.9 Å². The van der Waals surface area contributed by atoms with Crippen molar-refractivity contribution in [2.75, 3.05) is 0 Å². The standard InChI is InChI=1S/C6H7BF3S/c1-4-3-6(7(8,9)10)11-5(4)2/h3H,1-2H3/q-1. The van der Waals surface area contributed by atoms with Crippen LogP contribution in [0.25, 0.3) is 0 Å². The van der Waals surface area contributed by atoms with Gasteiger partial charge in [0.05, 0.1) is 0 Å². The van der Waals surface area contributed by atoms with Crippen LogP contribution >= 0.6 is 11.3 Å². The van der Waals surface area contributed by atoms with Gasteiger partial charge >= 0.3 is 6.98 Å². The first-order chi connectivity index (χ1) is 4.91. The third kappa shape index (κ3) is 1.77. The molecular weight excluding hydrogens is 172 g/mol. The van der Waals surface area contributed by atoms with Crippen molar-refractivity contribution in [1.29, 1.82) is 0 Å². The van der Waals surface area contributed by atoms with E-state index < -0.39 is 11.8 Å². The van der Waals surface area contributed by atoms with Crippen LogP contribution in [0.5, 0.6) is 0 Å². The van der Waals surface area contributed by atoms with Gasteiger partial charge in [0.2, 0.25) is 0 Å². The Hall–Kier alpha value is -0.445. The number of rotatable bonds is 1. The van der Waals surface area contributed by atoms with E-state index in [1.54, 1.807) is 13.8 Å². The Morgan fingerprint density at radius 2 is 1.82 bits per heavy atom. The normalized spacial score (nSPS) is 12.1. The van der Waals surface area contributed by atoms with Crippen LogP contribution < -0.4 is 4.78 Å². The van der Waals surface area contributed by atoms with E-state index in [2.05, 4.69) is 0 Å². The van der Waals surface area contributed by atoms with Crippen LogP contribution in [0.3, 0.4) is 0 Å². The maximum Gasteiger partial charge on any atom is 0.519 e. The molecule has 11 heavy (non-hydrogen) atoms. The summed E-state index contributed by atoms with van der Waals surface area (Å²) in [5.41, 5.74) is 0.726. The largest absolute Gasteiger partial charge is 0.519 e. The molecule has 0 fully saturated rings. The number of halogens is 3. The molecule has 0 amide bonds. The lowest BCUT2D eigenvalue weighted by Crippen LogP contribution is -2.30. The van der Waals surface area contributed by atoms with Gasteiger partial charge in [-0.2, -0.15) is 11.3 Å². The van der Waals surface area contributed by atoms with Gasteiger partial charge in [-0.25, -0.2) is 0 Å². The third-order valence-corrected chi connectivity index (χ3v) is 2.76. The molecule has 0 saturated carbocycles. The SMILES string of the molecule is Cc1cc([B-](F)(F)F)sc1C. The van der Waals surface area contributed by atoms with E-state index in [-0.39, 0.29) is 0 Å². The fraction of sp³-hybridized carbons (Fsp3) is 0.333. The van der Waals surface area contributed by atoms with E-state index in [0.29, 0.717) is 0 Å². The number of thiophene rings is 1. The molecule has 5 heteroatoms. The Bertz CT molecular complexity index is 244. The van der Waals surface area contributed by atoms with E-state index in [9.17, 15) is 12.9 Å². The fourth-order valence-electron chi connectivity index (χ4n) is 0.763. The van der Waals surface area contributed by atoms with Crippen LogP contribution in [0.4, 0.5) is 12.9 Å². The summed E-state index contributed by atoms with van der Waals surface area (Å²) in [6.07, 6.45) is 0. The maximum absolute atomic E-state index is 12.1. The predicted molar refractivity (Wildman–Crippen MR) is 42.5 cm³/mol. The van der Waals surface area contributed by atoms with Crippen molar-refractivity contribution < 1.29 is 12.9 Å². The highest BCUT2D eigenvalue weighted by molar-refractivity contribution is 7.24. The molecule has 0 aliphatic carbocycles. The lowest BCUT2D eigenvalue weighted by atomic mass is 9.89. The van der Waals surface area contributed by atoms with E-state index >= 15 is 0 Å². The van der Waals surface area contributed by atoms with Gasteiger partial charge in [0.25, 0.3) is 0 Å². The molecule has 1 aromatic rings. The Morgan fingerprint density at radius 1 is 1.27 bits per heavy atom. The van der Waals surface area contributed by atoms with Crippen LogP contribution in [-0.2, 0) is 0 Å². The van der Waals surface area contributed by atoms with Crippen molar-refractivity contribution >= 4 is 23.1 Å². The highest BCUT2D eigenvalue weighted by Gasteiger charge is 2.27.